The number of carbonyl (C=O) groups excluding carboxylic acids is 1. The third-order valence-corrected chi connectivity index (χ3v) is 4.47. The van der Waals surface area contributed by atoms with E-state index in [2.05, 4.69) is 10.0 Å². The molecule has 0 atom stereocenters. The molecule has 4 N–H and O–H groups in total. The van der Waals surface area contributed by atoms with E-state index in [1.807, 2.05) is 0 Å². The maximum Gasteiger partial charge on any atom is 0.240 e. The van der Waals surface area contributed by atoms with Crippen LogP contribution in [0, 0.1) is 0 Å². The number of rotatable bonds is 9. The average Bonchev–Trinajstić information content (AvgIpc) is 2.47. The van der Waals surface area contributed by atoms with Crippen molar-refractivity contribution in [2.45, 2.75) is 37.0 Å². The first kappa shape index (κ1) is 17.6. The zero-order valence-corrected chi connectivity index (χ0v) is 13.1. The smallest absolute Gasteiger partial charge is 0.240 e. The number of benzene rings is 1. The minimum absolute atomic E-state index is 0.109. The van der Waals surface area contributed by atoms with Gasteiger partial charge in [0.1, 0.15) is 0 Å². The molecule has 118 valence electrons. The molecule has 21 heavy (non-hydrogen) atoms. The van der Waals surface area contributed by atoms with Gasteiger partial charge in [0, 0.05) is 12.1 Å². The summed E-state index contributed by atoms with van der Waals surface area (Å²) in [5.41, 5.74) is 5.88. The molecule has 7 heteroatoms. The van der Waals surface area contributed by atoms with Gasteiger partial charge in [-0.1, -0.05) is 18.9 Å². The molecule has 0 aliphatic carbocycles. The van der Waals surface area contributed by atoms with Gasteiger partial charge in [0.05, 0.1) is 4.90 Å². The Labute approximate surface area is 126 Å². The lowest BCUT2D eigenvalue weighted by Crippen LogP contribution is -2.19. The van der Waals surface area contributed by atoms with Gasteiger partial charge in [-0.3, -0.25) is 4.79 Å². The molecule has 0 aromatic heterocycles. The number of nitrogens with two attached hydrogens (primary N) is 1. The minimum atomic E-state index is -3.50. The Morgan fingerprint density at radius 3 is 2.57 bits per heavy atom. The third-order valence-electron chi connectivity index (χ3n) is 3.05. The molecular formula is C14H23N3O3S. The van der Waals surface area contributed by atoms with E-state index >= 15 is 0 Å². The summed E-state index contributed by atoms with van der Waals surface area (Å²) in [6.45, 7) is 0.679. The quantitative estimate of drug-likeness (QED) is 0.600. The molecule has 0 fully saturated rings. The second kappa shape index (κ2) is 8.76. The highest BCUT2D eigenvalue weighted by atomic mass is 32.2. The number of anilines is 1. The van der Waals surface area contributed by atoms with Gasteiger partial charge in [-0.2, -0.15) is 0 Å². The lowest BCUT2D eigenvalue weighted by Gasteiger charge is -2.08. The van der Waals surface area contributed by atoms with E-state index in [9.17, 15) is 13.2 Å². The van der Waals surface area contributed by atoms with Crippen LogP contribution >= 0.6 is 0 Å². The Morgan fingerprint density at radius 2 is 1.90 bits per heavy atom. The lowest BCUT2D eigenvalue weighted by atomic mass is 10.1. The first-order chi connectivity index (χ1) is 9.99. The van der Waals surface area contributed by atoms with E-state index in [0.29, 0.717) is 18.7 Å². The van der Waals surface area contributed by atoms with Crippen LogP contribution in [-0.4, -0.2) is 27.9 Å². The van der Waals surface area contributed by atoms with Crippen LogP contribution in [-0.2, 0) is 14.8 Å². The predicted octanol–water partition coefficient (Wildman–Crippen LogP) is 1.44. The van der Waals surface area contributed by atoms with Crippen molar-refractivity contribution in [3.05, 3.63) is 24.3 Å². The Bertz CT molecular complexity index is 558. The van der Waals surface area contributed by atoms with Crippen LogP contribution in [0.15, 0.2) is 29.2 Å². The van der Waals surface area contributed by atoms with Gasteiger partial charge in [-0.05, 0) is 44.6 Å². The Kier molecular flexibility index (Phi) is 7.35. The topological polar surface area (TPSA) is 101 Å². The number of hydrogen-bond donors (Lipinski definition) is 3. The zero-order valence-electron chi connectivity index (χ0n) is 12.3. The molecule has 1 aromatic carbocycles. The first-order valence-electron chi connectivity index (χ1n) is 7.03. The van der Waals surface area contributed by atoms with Crippen LogP contribution in [0.4, 0.5) is 5.69 Å². The number of carbonyl (C=O) groups is 1. The van der Waals surface area contributed by atoms with Gasteiger partial charge < -0.3 is 11.1 Å². The van der Waals surface area contributed by atoms with Gasteiger partial charge in [-0.25, -0.2) is 13.1 Å². The van der Waals surface area contributed by atoms with Gasteiger partial charge in [0.15, 0.2) is 0 Å². The third kappa shape index (κ3) is 6.24. The van der Waals surface area contributed by atoms with Crippen molar-refractivity contribution in [1.82, 2.24) is 4.72 Å². The number of unbranched alkanes of at least 4 members (excludes halogenated alkanes) is 3. The number of nitrogens with one attached hydrogen (secondary N) is 2. The van der Waals surface area contributed by atoms with Crippen molar-refractivity contribution in [3.63, 3.8) is 0 Å². The molecule has 1 amide bonds. The SMILES string of the molecule is CNS(=O)(=O)c1cccc(NC(=O)CCCCCCN)c1. The van der Waals surface area contributed by atoms with E-state index in [1.54, 1.807) is 12.1 Å². The Morgan fingerprint density at radius 1 is 1.19 bits per heavy atom. The van der Waals surface area contributed by atoms with Gasteiger partial charge in [0.25, 0.3) is 0 Å². The van der Waals surface area contributed by atoms with Crippen LogP contribution in [0.25, 0.3) is 0 Å². The van der Waals surface area contributed by atoms with Crippen molar-refractivity contribution in [2.75, 3.05) is 18.9 Å². The second-order valence-corrected chi connectivity index (χ2v) is 6.62. The summed E-state index contributed by atoms with van der Waals surface area (Å²) in [7, 11) is -2.15. The van der Waals surface area contributed by atoms with E-state index in [4.69, 9.17) is 5.73 Å². The second-order valence-electron chi connectivity index (χ2n) is 4.74. The molecule has 0 bridgehead atoms. The highest BCUT2D eigenvalue weighted by Crippen LogP contribution is 2.15. The molecule has 0 spiro atoms. The van der Waals surface area contributed by atoms with Gasteiger partial charge in [0.2, 0.25) is 15.9 Å². The van der Waals surface area contributed by atoms with Crippen LogP contribution in [0.5, 0.6) is 0 Å². The molecule has 0 heterocycles. The number of amides is 1. The molecule has 0 saturated carbocycles. The average molecular weight is 313 g/mol. The van der Waals surface area contributed by atoms with Crippen LogP contribution in [0.2, 0.25) is 0 Å². The van der Waals surface area contributed by atoms with Gasteiger partial charge in [-0.15, -0.1) is 0 Å². The monoisotopic (exact) mass is 313 g/mol. The lowest BCUT2D eigenvalue weighted by molar-refractivity contribution is -0.116. The van der Waals surface area contributed by atoms with Crippen LogP contribution < -0.4 is 15.8 Å². The molecule has 1 aromatic rings. The molecular weight excluding hydrogens is 290 g/mol. The van der Waals surface area contributed by atoms with E-state index in [1.165, 1.54) is 19.2 Å². The van der Waals surface area contributed by atoms with E-state index < -0.39 is 10.0 Å². The fourth-order valence-corrected chi connectivity index (χ4v) is 2.64. The minimum Gasteiger partial charge on any atom is -0.330 e. The maximum atomic E-state index is 11.8. The highest BCUT2D eigenvalue weighted by Gasteiger charge is 2.12. The molecule has 0 aliphatic heterocycles. The largest absolute Gasteiger partial charge is 0.330 e. The number of hydrogen-bond acceptors (Lipinski definition) is 4. The van der Waals surface area contributed by atoms with Crippen molar-refractivity contribution in [3.8, 4) is 0 Å². The summed E-state index contributed by atoms with van der Waals surface area (Å²) in [5, 5.41) is 2.71. The fraction of sp³-hybridized carbons (Fsp3) is 0.500. The summed E-state index contributed by atoms with van der Waals surface area (Å²) in [4.78, 5) is 11.9. The summed E-state index contributed by atoms with van der Waals surface area (Å²) < 4.78 is 25.6. The van der Waals surface area contributed by atoms with Crippen molar-refractivity contribution < 1.29 is 13.2 Å². The Hall–Kier alpha value is -1.44. The fourth-order valence-electron chi connectivity index (χ4n) is 1.87. The highest BCUT2D eigenvalue weighted by molar-refractivity contribution is 7.89. The maximum absolute atomic E-state index is 11.8. The molecule has 0 unspecified atom stereocenters. The van der Waals surface area contributed by atoms with E-state index in [0.717, 1.165) is 25.7 Å². The zero-order chi connectivity index (χ0) is 15.7. The summed E-state index contributed by atoms with van der Waals surface area (Å²) >= 11 is 0. The van der Waals surface area contributed by atoms with Gasteiger partial charge >= 0.3 is 0 Å². The summed E-state index contributed by atoms with van der Waals surface area (Å²) in [6, 6.07) is 6.19. The molecule has 1 rings (SSSR count). The molecule has 0 aliphatic rings. The Balaban J connectivity index is 2.51. The van der Waals surface area contributed by atoms with Crippen LogP contribution in [0.3, 0.4) is 0 Å². The van der Waals surface area contributed by atoms with Crippen molar-refractivity contribution in [1.29, 1.82) is 0 Å². The summed E-state index contributed by atoms with van der Waals surface area (Å²) in [6.07, 6.45) is 4.21. The van der Waals surface area contributed by atoms with Crippen LogP contribution in [0.1, 0.15) is 32.1 Å². The van der Waals surface area contributed by atoms with Crippen molar-refractivity contribution in [2.24, 2.45) is 5.73 Å². The standard InChI is InChI=1S/C14H23N3O3S/c1-16-21(19,20)13-8-6-7-12(11-13)17-14(18)9-4-2-3-5-10-15/h6-8,11,16H,2-5,9-10,15H2,1H3,(H,17,18). The molecule has 0 saturated heterocycles. The van der Waals surface area contributed by atoms with Crippen molar-refractivity contribution >= 4 is 21.6 Å². The number of sulfonamides is 1. The molecule has 6 nitrogen and oxygen atoms in total. The van der Waals surface area contributed by atoms with E-state index in [-0.39, 0.29) is 10.8 Å². The normalized spacial score (nSPS) is 11.3. The first-order valence-corrected chi connectivity index (χ1v) is 8.51. The molecule has 0 radical (unpaired) electrons. The summed E-state index contributed by atoms with van der Waals surface area (Å²) in [5.74, 6) is -0.109. The predicted molar refractivity (Wildman–Crippen MR) is 83.5 cm³/mol.